The lowest BCUT2D eigenvalue weighted by Crippen LogP contribution is -2.46. The third-order valence-electron chi connectivity index (χ3n) is 11.8. The zero-order chi connectivity index (χ0) is 52.9. The summed E-state index contributed by atoms with van der Waals surface area (Å²) in [6, 6.07) is 0.773. The number of ether oxygens (including phenoxy) is 6. The van der Waals surface area contributed by atoms with Gasteiger partial charge in [-0.1, -0.05) is 25.7 Å². The summed E-state index contributed by atoms with van der Waals surface area (Å²) >= 11 is 3.88. The van der Waals surface area contributed by atoms with Crippen LogP contribution in [0.15, 0.2) is 9.98 Å². The number of aliphatic imine (C=N–C) groups is 2. The van der Waals surface area contributed by atoms with E-state index >= 15 is 0 Å². The van der Waals surface area contributed by atoms with Gasteiger partial charge in [0.1, 0.15) is 11.2 Å². The second-order valence-electron chi connectivity index (χ2n) is 20.6. The Morgan fingerprint density at radius 3 is 1.66 bits per heavy atom. The van der Waals surface area contributed by atoms with Gasteiger partial charge in [-0.3, -0.25) is 25.1 Å². The monoisotopic (exact) mass is 1070 g/mol. The Balaban J connectivity index is 0.994. The number of thioether (sulfide) groups is 2. The van der Waals surface area contributed by atoms with Crippen LogP contribution < -0.4 is 37.2 Å². The van der Waals surface area contributed by atoms with E-state index < -0.39 is 29.5 Å². The number of amides is 5. The number of fused-ring (bicyclic) bond motifs is 2. The van der Waals surface area contributed by atoms with Gasteiger partial charge < -0.3 is 60.1 Å². The van der Waals surface area contributed by atoms with Crippen molar-refractivity contribution in [1.82, 2.24) is 42.1 Å². The van der Waals surface area contributed by atoms with Crippen LogP contribution in [0.25, 0.3) is 0 Å². The number of carbonyl (C=O) groups is 5. The Hall–Kier alpha value is -3.81. The van der Waals surface area contributed by atoms with E-state index in [0.717, 1.165) is 88.6 Å². The first-order chi connectivity index (χ1) is 34.9. The molecule has 0 bridgehead atoms. The number of unbranched alkanes of at least 4 members (excludes halogenated alkanes) is 6. The predicted molar refractivity (Wildman–Crippen MR) is 285 cm³/mol. The Bertz CT molecular complexity index is 1740. The third kappa shape index (κ3) is 27.5. The molecule has 0 spiro atoms. The fraction of sp³-hybridized carbons (Fsp3) is 0.857. The smallest absolute Gasteiger partial charge is 0.414 e. The number of hydrogen-bond donors (Lipinski definition) is 8. The van der Waals surface area contributed by atoms with E-state index in [-0.39, 0.29) is 75.4 Å². The van der Waals surface area contributed by atoms with E-state index in [1.54, 1.807) is 4.90 Å². The lowest BCUT2D eigenvalue weighted by molar-refractivity contribution is -0.125. The lowest BCUT2D eigenvalue weighted by atomic mass is 10.0. The maximum absolute atomic E-state index is 12.9. The van der Waals surface area contributed by atoms with Crippen molar-refractivity contribution in [2.75, 3.05) is 104 Å². The van der Waals surface area contributed by atoms with Crippen LogP contribution >= 0.6 is 23.5 Å². The largest absolute Gasteiger partial charge is 0.465 e. The molecular formula is C49H88N10O12S2. The molecule has 0 radical (unpaired) electrons. The minimum absolute atomic E-state index is 0.0480. The highest BCUT2D eigenvalue weighted by Crippen LogP contribution is 2.36. The molecule has 0 aliphatic carbocycles. The average molecular weight is 1070 g/mol. The maximum atomic E-state index is 12.9. The number of nitrogens with one attached hydrogen (secondary N) is 7. The fourth-order valence-electron chi connectivity index (χ4n) is 8.39. The average Bonchev–Trinajstić information content (AvgIpc) is 4.08. The molecule has 4 aliphatic rings. The summed E-state index contributed by atoms with van der Waals surface area (Å²) in [5.41, 5.74) is -1.14. The molecule has 22 nitrogen and oxygen atoms in total. The minimum Gasteiger partial charge on any atom is -0.465 e. The zero-order valence-corrected chi connectivity index (χ0v) is 46.0. The number of carboxylic acid groups (broad SMARTS) is 1. The minimum atomic E-state index is -1.11. The first-order valence-corrected chi connectivity index (χ1v) is 28.5. The predicted octanol–water partition coefficient (Wildman–Crippen LogP) is 4.21. The molecule has 6 atom stereocenters. The molecule has 24 heteroatoms. The van der Waals surface area contributed by atoms with E-state index in [1.165, 1.54) is 0 Å². The summed E-state index contributed by atoms with van der Waals surface area (Å²) < 4.78 is 33.5. The topological polar surface area (TPSA) is 273 Å². The summed E-state index contributed by atoms with van der Waals surface area (Å²) in [6.45, 7) is 16.4. The number of guanidine groups is 2. The number of rotatable bonds is 35. The number of alkyl carbamates (subject to hydrolysis) is 2. The molecule has 5 amide bonds. The zero-order valence-electron chi connectivity index (χ0n) is 44.4. The summed E-state index contributed by atoms with van der Waals surface area (Å²) in [4.78, 5) is 71.9. The molecule has 8 N–H and O–H groups in total. The highest BCUT2D eigenvalue weighted by atomic mass is 32.2. The molecule has 0 aromatic rings. The molecule has 0 unspecified atom stereocenters. The number of carbonyl (C=O) groups excluding carboxylic acids is 4. The van der Waals surface area contributed by atoms with Gasteiger partial charge in [-0.2, -0.15) is 23.5 Å². The molecule has 418 valence electrons. The lowest BCUT2D eigenvalue weighted by Gasteiger charge is -2.21. The molecule has 0 aromatic heterocycles. The molecule has 0 aromatic carbocycles. The summed E-state index contributed by atoms with van der Waals surface area (Å²) in [7, 11) is 0. The van der Waals surface area contributed by atoms with Crippen molar-refractivity contribution < 1.29 is 57.5 Å². The standard InChI is InChI=1S/C49H88N10O12S2/c1-48(2,3)70-46(64)57-43-53-35-33-72-37(41(35)55-43)17-9-7-13-23-66-25-15-11-19-50-39(60)31-59(22-28-69-30-29-68-27-21-52-45(62)63)32-40(61)51-20-12-16-26-67-24-14-8-10-18-38-42-36(34-73-38)54-44(56-42)58-47(65)71-49(4,5)6/h35-38,41-42,52H,7-34H2,1-6H3,(H,50,60)(H,51,61)(H,62,63)(H2,53,55,57,64)(H2,54,56,58,65)/t35-,36-,37-,38-,41-,42-/m0/s1. The Labute approximate surface area is 441 Å². The Morgan fingerprint density at radius 2 is 1.10 bits per heavy atom. The van der Waals surface area contributed by atoms with Gasteiger partial charge in [0.05, 0.1) is 63.7 Å². The SMILES string of the molecule is CC(C)(C)OC(=O)NC1=N[C@H]2CS[C@@H](CCCCCOCCCCNC(=O)CN(CCOCCOCCNC(=O)O)CC(=O)NCCCCOCCCCC[C@@H]3SC[C@@H]4NC(NC(=O)OC(C)(C)C)=N[C@@H]43)[C@H]2N1. The van der Waals surface area contributed by atoms with Crippen molar-refractivity contribution in [3.05, 3.63) is 0 Å². The van der Waals surface area contributed by atoms with Gasteiger partial charge in [0.2, 0.25) is 23.7 Å². The van der Waals surface area contributed by atoms with Gasteiger partial charge in [0.15, 0.2) is 0 Å². The molecular weight excluding hydrogens is 985 g/mol. The van der Waals surface area contributed by atoms with Gasteiger partial charge in [-0.15, -0.1) is 0 Å². The van der Waals surface area contributed by atoms with Gasteiger partial charge >= 0.3 is 18.3 Å². The molecule has 73 heavy (non-hydrogen) atoms. The number of hydrogen-bond acceptors (Lipinski definition) is 18. The highest BCUT2D eigenvalue weighted by molar-refractivity contribution is 8.00. The van der Waals surface area contributed by atoms with E-state index in [4.69, 9.17) is 38.5 Å². The second kappa shape index (κ2) is 34.0. The summed E-state index contributed by atoms with van der Waals surface area (Å²) in [6.07, 6.45) is 9.52. The molecule has 2 fully saturated rings. The molecule has 2 saturated heterocycles. The third-order valence-corrected chi connectivity index (χ3v) is 14.8. The normalized spacial score (nSPS) is 21.1. The molecule has 4 rings (SSSR count). The van der Waals surface area contributed by atoms with Crippen molar-refractivity contribution in [2.45, 2.75) is 164 Å². The van der Waals surface area contributed by atoms with Crippen LogP contribution in [0.1, 0.15) is 119 Å². The van der Waals surface area contributed by atoms with Crippen LogP contribution in [0, 0.1) is 0 Å². The highest BCUT2D eigenvalue weighted by Gasteiger charge is 2.42. The van der Waals surface area contributed by atoms with Gasteiger partial charge in [0, 0.05) is 74.6 Å². The number of nitrogens with zero attached hydrogens (tertiary/aromatic N) is 3. The van der Waals surface area contributed by atoms with Crippen molar-refractivity contribution in [3.8, 4) is 0 Å². The van der Waals surface area contributed by atoms with Gasteiger partial charge in [-0.05, 0) is 92.9 Å². The van der Waals surface area contributed by atoms with E-state index in [1.807, 2.05) is 65.1 Å². The second-order valence-corrected chi connectivity index (χ2v) is 23.2. The van der Waals surface area contributed by atoms with Crippen LogP contribution in [0.5, 0.6) is 0 Å². The van der Waals surface area contributed by atoms with Gasteiger partial charge in [0.25, 0.3) is 0 Å². The van der Waals surface area contributed by atoms with Crippen molar-refractivity contribution >= 4 is 65.5 Å². The van der Waals surface area contributed by atoms with E-state index in [9.17, 15) is 24.0 Å². The van der Waals surface area contributed by atoms with Crippen molar-refractivity contribution in [1.29, 1.82) is 0 Å². The summed E-state index contributed by atoms with van der Waals surface area (Å²) in [5, 5.41) is 29.9. The first-order valence-electron chi connectivity index (χ1n) is 26.4. The Kier molecular flexibility index (Phi) is 28.7. The van der Waals surface area contributed by atoms with Crippen LogP contribution in [-0.2, 0) is 38.0 Å². The molecule has 4 aliphatic heterocycles. The fourth-order valence-corrected chi connectivity index (χ4v) is 11.4. The molecule has 0 saturated carbocycles. The van der Waals surface area contributed by atoms with Crippen LogP contribution in [0.3, 0.4) is 0 Å². The quantitative estimate of drug-likeness (QED) is 0.0413. The molecule has 4 heterocycles. The maximum Gasteiger partial charge on any atom is 0.414 e. The summed E-state index contributed by atoms with van der Waals surface area (Å²) in [5.74, 6) is 2.56. The van der Waals surface area contributed by atoms with Crippen molar-refractivity contribution in [2.24, 2.45) is 9.98 Å². The van der Waals surface area contributed by atoms with Crippen LogP contribution in [-0.4, -0.2) is 202 Å². The van der Waals surface area contributed by atoms with Crippen molar-refractivity contribution in [3.63, 3.8) is 0 Å². The van der Waals surface area contributed by atoms with Crippen LogP contribution in [0.2, 0.25) is 0 Å². The Morgan fingerprint density at radius 1 is 0.589 bits per heavy atom. The van der Waals surface area contributed by atoms with E-state index in [0.29, 0.717) is 75.1 Å². The first kappa shape index (κ1) is 61.7. The van der Waals surface area contributed by atoms with Gasteiger partial charge in [-0.25, -0.2) is 24.4 Å². The van der Waals surface area contributed by atoms with E-state index in [2.05, 4.69) is 42.2 Å². The van der Waals surface area contributed by atoms with Crippen LogP contribution in [0.4, 0.5) is 14.4 Å².